The minimum atomic E-state index is -0.500. The second kappa shape index (κ2) is 7.79. The van der Waals surface area contributed by atoms with Crippen LogP contribution in [0.5, 0.6) is 0 Å². The highest BCUT2D eigenvalue weighted by Crippen LogP contribution is 2.18. The summed E-state index contributed by atoms with van der Waals surface area (Å²) in [6.07, 6.45) is 4.44. The fourth-order valence-electron chi connectivity index (χ4n) is 2.92. The van der Waals surface area contributed by atoms with Crippen LogP contribution < -0.4 is 11.1 Å². The number of H-pyrrole nitrogens is 1. The van der Waals surface area contributed by atoms with Gasteiger partial charge in [-0.2, -0.15) is 0 Å². The normalized spacial score (nSPS) is 12.2. The number of carbonyl (C=O) groups is 1. The van der Waals surface area contributed by atoms with Crippen LogP contribution in [-0.2, 0) is 17.6 Å². The van der Waals surface area contributed by atoms with E-state index in [4.69, 9.17) is 5.73 Å². The maximum absolute atomic E-state index is 12.1. The van der Waals surface area contributed by atoms with Gasteiger partial charge in [-0.1, -0.05) is 48.5 Å². The lowest BCUT2D eigenvalue weighted by atomic mass is 10.1. The molecule has 124 valence electrons. The van der Waals surface area contributed by atoms with Crippen LogP contribution in [0.1, 0.15) is 17.5 Å². The van der Waals surface area contributed by atoms with Gasteiger partial charge in [-0.3, -0.25) is 4.79 Å². The van der Waals surface area contributed by atoms with Crippen LogP contribution in [0.4, 0.5) is 0 Å². The van der Waals surface area contributed by atoms with Crippen molar-refractivity contribution in [3.05, 3.63) is 71.9 Å². The molecule has 0 fully saturated rings. The van der Waals surface area contributed by atoms with Crippen LogP contribution in [-0.4, -0.2) is 23.5 Å². The molecule has 2 aromatic carbocycles. The molecule has 1 amide bonds. The highest BCUT2D eigenvalue weighted by Gasteiger charge is 2.13. The summed E-state index contributed by atoms with van der Waals surface area (Å²) in [5.74, 6) is -0.0854. The van der Waals surface area contributed by atoms with E-state index in [1.165, 1.54) is 10.9 Å². The molecular weight excluding hydrogens is 298 g/mol. The predicted molar refractivity (Wildman–Crippen MR) is 97.8 cm³/mol. The van der Waals surface area contributed by atoms with Crippen molar-refractivity contribution in [2.75, 3.05) is 6.54 Å². The number of nitrogens with one attached hydrogen (secondary N) is 2. The van der Waals surface area contributed by atoms with E-state index >= 15 is 0 Å². The highest BCUT2D eigenvalue weighted by molar-refractivity contribution is 5.83. The van der Waals surface area contributed by atoms with Gasteiger partial charge in [0, 0.05) is 23.6 Å². The molecule has 0 radical (unpaired) electrons. The maximum atomic E-state index is 12.1. The van der Waals surface area contributed by atoms with Gasteiger partial charge < -0.3 is 16.0 Å². The number of hydrogen-bond donors (Lipinski definition) is 3. The number of aromatic nitrogens is 1. The lowest BCUT2D eigenvalue weighted by molar-refractivity contribution is -0.122. The molecule has 24 heavy (non-hydrogen) atoms. The average Bonchev–Trinajstić information content (AvgIpc) is 3.02. The Hall–Kier alpha value is -2.59. The van der Waals surface area contributed by atoms with E-state index < -0.39 is 6.04 Å². The number of hydrogen-bond acceptors (Lipinski definition) is 2. The Morgan fingerprint density at radius 2 is 1.83 bits per heavy atom. The quantitative estimate of drug-likeness (QED) is 0.586. The molecular formula is C20H23N3O. The number of amides is 1. The van der Waals surface area contributed by atoms with Gasteiger partial charge in [0.2, 0.25) is 5.91 Å². The van der Waals surface area contributed by atoms with Crippen LogP contribution >= 0.6 is 0 Å². The lowest BCUT2D eigenvalue weighted by Crippen LogP contribution is -2.42. The first-order chi connectivity index (χ1) is 11.7. The van der Waals surface area contributed by atoms with Gasteiger partial charge in [0.25, 0.3) is 0 Å². The molecule has 0 unspecified atom stereocenters. The van der Waals surface area contributed by atoms with Crippen LogP contribution in [0.25, 0.3) is 10.9 Å². The Bertz CT molecular complexity index is 795. The van der Waals surface area contributed by atoms with E-state index in [-0.39, 0.29) is 5.91 Å². The molecule has 4 nitrogen and oxygen atoms in total. The molecule has 4 heteroatoms. The predicted octanol–water partition coefficient (Wildman–Crippen LogP) is 2.79. The molecule has 4 N–H and O–H groups in total. The molecule has 0 aliphatic carbocycles. The van der Waals surface area contributed by atoms with Crippen LogP contribution in [0.3, 0.4) is 0 Å². The first-order valence-electron chi connectivity index (χ1n) is 8.36. The number of benzene rings is 2. The summed E-state index contributed by atoms with van der Waals surface area (Å²) in [5.41, 5.74) is 9.51. The third-order valence-electron chi connectivity index (χ3n) is 4.23. The Morgan fingerprint density at radius 1 is 1.08 bits per heavy atom. The number of para-hydroxylation sites is 1. The minimum absolute atomic E-state index is 0.0854. The molecule has 1 atom stereocenters. The third-order valence-corrected chi connectivity index (χ3v) is 4.23. The van der Waals surface area contributed by atoms with Crippen molar-refractivity contribution in [2.24, 2.45) is 5.73 Å². The lowest BCUT2D eigenvalue weighted by Gasteiger charge is -2.12. The van der Waals surface area contributed by atoms with Gasteiger partial charge in [0.1, 0.15) is 0 Å². The van der Waals surface area contributed by atoms with Crippen molar-refractivity contribution in [3.8, 4) is 0 Å². The monoisotopic (exact) mass is 321 g/mol. The van der Waals surface area contributed by atoms with Crippen LogP contribution in [0.2, 0.25) is 0 Å². The highest BCUT2D eigenvalue weighted by atomic mass is 16.2. The number of nitrogens with two attached hydrogens (primary N) is 1. The minimum Gasteiger partial charge on any atom is -0.361 e. The SMILES string of the molecule is N[C@@H](Cc1ccccc1)C(=O)NCCCc1c[nH]c2ccccc12. The van der Waals surface area contributed by atoms with Gasteiger partial charge in [-0.15, -0.1) is 0 Å². The van der Waals surface area contributed by atoms with E-state index in [1.54, 1.807) is 0 Å². The topological polar surface area (TPSA) is 70.9 Å². The zero-order chi connectivity index (χ0) is 16.8. The summed E-state index contributed by atoms with van der Waals surface area (Å²) in [5, 5.41) is 4.19. The maximum Gasteiger partial charge on any atom is 0.237 e. The molecule has 0 spiro atoms. The van der Waals surface area contributed by atoms with Crippen molar-refractivity contribution in [1.82, 2.24) is 10.3 Å². The zero-order valence-corrected chi connectivity index (χ0v) is 13.7. The summed E-state index contributed by atoms with van der Waals surface area (Å²) in [7, 11) is 0. The molecule has 0 aliphatic rings. The van der Waals surface area contributed by atoms with Crippen molar-refractivity contribution in [1.29, 1.82) is 0 Å². The first-order valence-corrected chi connectivity index (χ1v) is 8.36. The molecule has 0 saturated carbocycles. The van der Waals surface area contributed by atoms with E-state index in [1.807, 2.05) is 48.7 Å². The first kappa shape index (κ1) is 16.3. The molecule has 3 rings (SSSR count). The molecule has 1 heterocycles. The molecule has 3 aromatic rings. The Labute approximate surface area is 142 Å². The van der Waals surface area contributed by atoms with Crippen molar-refractivity contribution in [2.45, 2.75) is 25.3 Å². The second-order valence-electron chi connectivity index (χ2n) is 6.05. The van der Waals surface area contributed by atoms with Gasteiger partial charge >= 0.3 is 0 Å². The van der Waals surface area contributed by atoms with Crippen molar-refractivity contribution < 1.29 is 4.79 Å². The second-order valence-corrected chi connectivity index (χ2v) is 6.05. The third kappa shape index (κ3) is 4.03. The van der Waals surface area contributed by atoms with Crippen molar-refractivity contribution >= 4 is 16.8 Å². The fraction of sp³-hybridized carbons (Fsp3) is 0.250. The summed E-state index contributed by atoms with van der Waals surface area (Å²) in [4.78, 5) is 15.4. The Kier molecular flexibility index (Phi) is 5.29. The molecule has 0 saturated heterocycles. The standard InChI is InChI=1S/C20H23N3O/c21-18(13-15-7-2-1-3-8-15)20(24)22-12-6-9-16-14-23-19-11-5-4-10-17(16)19/h1-5,7-8,10-11,14,18,23H,6,9,12-13,21H2,(H,22,24)/t18-/m0/s1. The number of aryl methyl sites for hydroxylation is 1. The van der Waals surface area contributed by atoms with Gasteiger partial charge in [-0.25, -0.2) is 0 Å². The smallest absolute Gasteiger partial charge is 0.237 e. The van der Waals surface area contributed by atoms with Crippen molar-refractivity contribution in [3.63, 3.8) is 0 Å². The fourth-order valence-corrected chi connectivity index (χ4v) is 2.92. The average molecular weight is 321 g/mol. The van der Waals surface area contributed by atoms with E-state index in [0.717, 1.165) is 23.9 Å². The molecule has 0 bridgehead atoms. The summed E-state index contributed by atoms with van der Waals surface area (Å²) in [6, 6.07) is 17.6. The molecule has 0 aliphatic heterocycles. The largest absolute Gasteiger partial charge is 0.361 e. The zero-order valence-electron chi connectivity index (χ0n) is 13.7. The summed E-state index contributed by atoms with van der Waals surface area (Å²) in [6.45, 7) is 0.640. The number of carbonyl (C=O) groups excluding carboxylic acids is 1. The Morgan fingerprint density at radius 3 is 2.67 bits per heavy atom. The van der Waals surface area contributed by atoms with Gasteiger partial charge in [-0.05, 0) is 36.5 Å². The van der Waals surface area contributed by atoms with Crippen LogP contribution in [0, 0.1) is 0 Å². The van der Waals surface area contributed by atoms with Gasteiger partial charge in [0.05, 0.1) is 6.04 Å². The van der Waals surface area contributed by atoms with E-state index in [0.29, 0.717) is 13.0 Å². The Balaban J connectivity index is 1.43. The number of rotatable bonds is 7. The van der Waals surface area contributed by atoms with Crippen LogP contribution in [0.15, 0.2) is 60.8 Å². The number of fused-ring (bicyclic) bond motifs is 1. The molecule has 1 aromatic heterocycles. The van der Waals surface area contributed by atoms with E-state index in [9.17, 15) is 4.79 Å². The summed E-state index contributed by atoms with van der Waals surface area (Å²) < 4.78 is 0. The summed E-state index contributed by atoms with van der Waals surface area (Å²) >= 11 is 0. The van der Waals surface area contributed by atoms with E-state index in [2.05, 4.69) is 22.4 Å². The van der Waals surface area contributed by atoms with Gasteiger partial charge in [0.15, 0.2) is 0 Å². The number of aromatic amines is 1.